The van der Waals surface area contributed by atoms with Crippen LogP contribution in [0.2, 0.25) is 0 Å². The van der Waals surface area contributed by atoms with Crippen LogP contribution in [0.25, 0.3) is 0 Å². The van der Waals surface area contributed by atoms with Crippen molar-refractivity contribution in [1.29, 1.82) is 0 Å². The van der Waals surface area contributed by atoms with E-state index in [1.54, 1.807) is 7.11 Å². The number of aromatic amines is 1. The Balaban J connectivity index is 1.25. The van der Waals surface area contributed by atoms with Gasteiger partial charge in [-0.3, -0.25) is 14.4 Å². The third-order valence-corrected chi connectivity index (χ3v) is 6.58. The number of likely N-dealkylation sites (tertiary alicyclic amines) is 1. The molecule has 1 aromatic heterocycles. The lowest BCUT2D eigenvalue weighted by Gasteiger charge is -2.31. The first-order valence-corrected chi connectivity index (χ1v) is 11.6. The second-order valence-electron chi connectivity index (χ2n) is 8.80. The first-order chi connectivity index (χ1) is 16.0. The van der Waals surface area contributed by atoms with Crippen LogP contribution >= 0.6 is 0 Å². The molecule has 0 bridgehead atoms. The summed E-state index contributed by atoms with van der Waals surface area (Å²) in [7, 11) is 1.62. The van der Waals surface area contributed by atoms with Crippen molar-refractivity contribution in [3.05, 3.63) is 56.8 Å². The molecule has 1 amide bonds. The van der Waals surface area contributed by atoms with Gasteiger partial charge in [0.2, 0.25) is 5.91 Å². The van der Waals surface area contributed by atoms with Gasteiger partial charge in [0.05, 0.1) is 31.6 Å². The smallest absolute Gasteiger partial charge is 0.256 e. The molecule has 0 radical (unpaired) electrons. The maximum Gasteiger partial charge on any atom is 0.256 e. The molecular weight excluding hydrogens is 422 g/mol. The highest BCUT2D eigenvalue weighted by molar-refractivity contribution is 5.98. The third-order valence-electron chi connectivity index (χ3n) is 6.58. The van der Waals surface area contributed by atoms with Crippen molar-refractivity contribution in [2.45, 2.75) is 52.1 Å². The highest BCUT2D eigenvalue weighted by atomic mass is 16.5. The predicted molar refractivity (Wildman–Crippen MR) is 123 cm³/mol. The molecule has 8 nitrogen and oxygen atoms in total. The lowest BCUT2D eigenvalue weighted by molar-refractivity contribution is -0.132. The number of aryl methyl sites for hydroxylation is 2. The maximum absolute atomic E-state index is 12.9. The average Bonchev–Trinajstić information content (AvgIpc) is 2.83. The Hall–Kier alpha value is -3.00. The van der Waals surface area contributed by atoms with E-state index in [1.807, 2.05) is 30.0 Å². The molecule has 8 heteroatoms. The van der Waals surface area contributed by atoms with Gasteiger partial charge in [-0.15, -0.1) is 0 Å². The first kappa shape index (κ1) is 23.2. The number of carbonyl (C=O) groups is 2. The fourth-order valence-electron chi connectivity index (χ4n) is 4.64. The molecule has 2 aromatic rings. The lowest BCUT2D eigenvalue weighted by atomic mass is 9.88. The molecule has 1 fully saturated rings. The molecule has 0 unspecified atom stereocenters. The van der Waals surface area contributed by atoms with Crippen LogP contribution < -0.4 is 10.3 Å². The summed E-state index contributed by atoms with van der Waals surface area (Å²) in [6.07, 6.45) is 3.59. The number of methoxy groups -OCH3 is 1. The van der Waals surface area contributed by atoms with Gasteiger partial charge in [-0.1, -0.05) is 0 Å². The summed E-state index contributed by atoms with van der Waals surface area (Å²) in [5.41, 5.74) is 2.93. The molecule has 0 atom stereocenters. The van der Waals surface area contributed by atoms with Gasteiger partial charge in [0.15, 0.2) is 5.78 Å². The number of nitrogens with zero attached hydrogens (tertiary/aromatic N) is 2. The minimum atomic E-state index is -0.139. The number of rotatable bonds is 7. The van der Waals surface area contributed by atoms with E-state index in [0.717, 1.165) is 17.0 Å². The van der Waals surface area contributed by atoms with E-state index in [-0.39, 0.29) is 23.2 Å². The van der Waals surface area contributed by atoms with Gasteiger partial charge in [0.25, 0.3) is 5.56 Å². The highest BCUT2D eigenvalue weighted by Gasteiger charge is 2.28. The molecule has 2 aliphatic rings. The van der Waals surface area contributed by atoms with E-state index in [4.69, 9.17) is 9.47 Å². The van der Waals surface area contributed by atoms with Crippen LogP contribution in [0.3, 0.4) is 0 Å². The minimum absolute atomic E-state index is 0.0596. The van der Waals surface area contributed by atoms with Crippen molar-refractivity contribution < 1.29 is 19.1 Å². The molecule has 1 saturated heterocycles. The van der Waals surface area contributed by atoms with Crippen LogP contribution in [0.15, 0.2) is 23.0 Å². The highest BCUT2D eigenvalue weighted by Crippen LogP contribution is 2.25. The van der Waals surface area contributed by atoms with Crippen molar-refractivity contribution in [3.8, 4) is 5.75 Å². The van der Waals surface area contributed by atoms with Gasteiger partial charge in [-0.05, 0) is 49.9 Å². The Morgan fingerprint density at radius 3 is 2.79 bits per heavy atom. The number of nitrogens with one attached hydrogen (secondary N) is 1. The molecule has 0 saturated carbocycles. The summed E-state index contributed by atoms with van der Waals surface area (Å²) in [6, 6.07) is 5.53. The summed E-state index contributed by atoms with van der Waals surface area (Å²) < 4.78 is 10.6. The van der Waals surface area contributed by atoms with Crippen LogP contribution in [0, 0.1) is 12.8 Å². The molecule has 4 rings (SSSR count). The number of H-pyrrole nitrogens is 1. The molecule has 176 valence electrons. The Kier molecular flexibility index (Phi) is 7.23. The Morgan fingerprint density at radius 1 is 1.27 bits per heavy atom. The first-order valence-electron chi connectivity index (χ1n) is 11.6. The van der Waals surface area contributed by atoms with Crippen molar-refractivity contribution in [2.24, 2.45) is 5.92 Å². The lowest BCUT2D eigenvalue weighted by Crippen LogP contribution is -2.40. The number of benzene rings is 1. The predicted octanol–water partition coefficient (Wildman–Crippen LogP) is 2.60. The molecule has 3 heterocycles. The van der Waals surface area contributed by atoms with E-state index < -0.39 is 0 Å². The number of hydrogen-bond acceptors (Lipinski definition) is 6. The number of ketones is 1. The van der Waals surface area contributed by atoms with Crippen molar-refractivity contribution in [3.63, 3.8) is 0 Å². The quantitative estimate of drug-likeness (QED) is 0.647. The van der Waals surface area contributed by atoms with Crippen molar-refractivity contribution in [2.75, 3.05) is 26.8 Å². The molecule has 33 heavy (non-hydrogen) atoms. The van der Waals surface area contributed by atoms with Gasteiger partial charge in [0, 0.05) is 43.8 Å². The number of aromatic nitrogens is 2. The summed E-state index contributed by atoms with van der Waals surface area (Å²) >= 11 is 0. The molecule has 0 aliphatic carbocycles. The number of piperidine rings is 1. The minimum Gasteiger partial charge on any atom is -0.496 e. The summed E-state index contributed by atoms with van der Waals surface area (Å²) in [5.74, 6) is 1.58. The van der Waals surface area contributed by atoms with Gasteiger partial charge >= 0.3 is 0 Å². The molecule has 0 spiro atoms. The van der Waals surface area contributed by atoms with Crippen molar-refractivity contribution >= 4 is 11.7 Å². The Labute approximate surface area is 193 Å². The normalized spacial score (nSPS) is 16.4. The standard InChI is InChI=1S/C25H31N3O5/c1-16-14-18(6-7-21(16)32-2)24(30)17-8-11-28(12-9-17)23(29)5-3-4-22-26-20-10-13-33-15-19(20)25(31)27-22/h6-7,14,17H,3-5,8-13,15H2,1-2H3,(H,26,27,31). The van der Waals surface area contributed by atoms with Crippen LogP contribution in [0.4, 0.5) is 0 Å². The Morgan fingerprint density at radius 2 is 2.06 bits per heavy atom. The molecular formula is C25H31N3O5. The number of amides is 1. The van der Waals surface area contributed by atoms with E-state index in [1.165, 1.54) is 0 Å². The monoisotopic (exact) mass is 453 g/mol. The fraction of sp³-hybridized carbons (Fsp3) is 0.520. The molecule has 1 aromatic carbocycles. The summed E-state index contributed by atoms with van der Waals surface area (Å²) in [6.45, 7) is 4.02. The van der Waals surface area contributed by atoms with Crippen molar-refractivity contribution in [1.82, 2.24) is 14.9 Å². The molecule has 1 N–H and O–H groups in total. The summed E-state index contributed by atoms with van der Waals surface area (Å²) in [5, 5.41) is 0. The Bertz CT molecular complexity index is 1090. The van der Waals surface area contributed by atoms with E-state index >= 15 is 0 Å². The van der Waals surface area contributed by atoms with Gasteiger partial charge in [-0.2, -0.15) is 0 Å². The van der Waals surface area contributed by atoms with Crippen LogP contribution in [0.5, 0.6) is 5.75 Å². The fourth-order valence-corrected chi connectivity index (χ4v) is 4.64. The van der Waals surface area contributed by atoms with Crippen LogP contribution in [-0.4, -0.2) is 53.4 Å². The number of carbonyl (C=O) groups excluding carboxylic acids is 2. The maximum atomic E-state index is 12.9. The number of ether oxygens (including phenoxy) is 2. The van der Waals surface area contributed by atoms with Gasteiger partial charge in [0.1, 0.15) is 11.6 Å². The zero-order chi connectivity index (χ0) is 23.4. The zero-order valence-electron chi connectivity index (χ0n) is 19.3. The average molecular weight is 454 g/mol. The molecule has 2 aliphatic heterocycles. The van der Waals surface area contributed by atoms with Gasteiger partial charge < -0.3 is 19.4 Å². The second kappa shape index (κ2) is 10.3. The largest absolute Gasteiger partial charge is 0.496 e. The van der Waals surface area contributed by atoms with Crippen LogP contribution in [-0.2, 0) is 29.0 Å². The van der Waals surface area contributed by atoms with E-state index in [9.17, 15) is 14.4 Å². The second-order valence-corrected chi connectivity index (χ2v) is 8.80. The number of Topliss-reactive ketones (excluding diaryl/α,β-unsaturated/α-hetero) is 1. The topological polar surface area (TPSA) is 102 Å². The van der Waals surface area contributed by atoms with E-state index in [0.29, 0.717) is 81.8 Å². The third kappa shape index (κ3) is 5.33. The zero-order valence-corrected chi connectivity index (χ0v) is 19.3. The number of hydrogen-bond donors (Lipinski definition) is 1. The summed E-state index contributed by atoms with van der Waals surface area (Å²) in [4.78, 5) is 47.0. The number of fused-ring (bicyclic) bond motifs is 1. The SMILES string of the molecule is COc1ccc(C(=O)C2CCN(C(=O)CCCc3nc4c(c(=O)[nH]3)COCC4)CC2)cc1C. The van der Waals surface area contributed by atoms with E-state index in [2.05, 4.69) is 9.97 Å². The van der Waals surface area contributed by atoms with Gasteiger partial charge in [-0.25, -0.2) is 4.98 Å². The van der Waals surface area contributed by atoms with Crippen LogP contribution in [0.1, 0.15) is 58.7 Å².